The van der Waals surface area contributed by atoms with Gasteiger partial charge in [-0.3, -0.25) is 4.79 Å². The first kappa shape index (κ1) is 13.4. The number of hydrogen-bond donors (Lipinski definition) is 0. The molecule has 0 amide bonds. The number of carbonyl (C=O) groups is 1. The normalized spacial score (nSPS) is 15.1. The monoisotopic (exact) mass is 318 g/mol. The van der Waals surface area contributed by atoms with Crippen LogP contribution in [0.2, 0.25) is 0 Å². The Bertz CT molecular complexity index is 165. The minimum atomic E-state index is -0.833. The van der Waals surface area contributed by atoms with Crippen molar-refractivity contribution < 1.29 is 19.0 Å². The highest BCUT2D eigenvalue weighted by atomic mass is 79.9. The summed E-state index contributed by atoms with van der Waals surface area (Å²) in [5, 5.41) is 0.413. The zero-order valence-corrected chi connectivity index (χ0v) is 10.7. The van der Waals surface area contributed by atoms with E-state index in [1.54, 1.807) is 0 Å². The second-order valence-corrected chi connectivity index (χ2v) is 4.42. The van der Waals surface area contributed by atoms with Crippen LogP contribution in [0.5, 0.6) is 0 Å². The Hall–Kier alpha value is 0.350. The third-order valence-corrected chi connectivity index (χ3v) is 3.84. The van der Waals surface area contributed by atoms with E-state index in [2.05, 4.69) is 41.3 Å². The van der Waals surface area contributed by atoms with Crippen LogP contribution in [0.4, 0.5) is 0 Å². The highest BCUT2D eigenvalue weighted by Gasteiger charge is 2.36. The molecule has 0 aromatic rings. The Labute approximate surface area is 94.2 Å². The molecule has 0 aliphatic rings. The SMILES string of the molecule is COCOCC(Br)(CBr)C(=O)OC. The lowest BCUT2D eigenvalue weighted by molar-refractivity contribution is -0.145. The van der Waals surface area contributed by atoms with Crippen molar-refractivity contribution in [3.8, 4) is 0 Å². The van der Waals surface area contributed by atoms with E-state index in [-0.39, 0.29) is 19.4 Å². The van der Waals surface area contributed by atoms with Gasteiger partial charge in [0, 0.05) is 12.4 Å². The van der Waals surface area contributed by atoms with E-state index >= 15 is 0 Å². The van der Waals surface area contributed by atoms with Gasteiger partial charge in [0.1, 0.15) is 6.79 Å². The van der Waals surface area contributed by atoms with Gasteiger partial charge in [0.2, 0.25) is 0 Å². The van der Waals surface area contributed by atoms with Crippen LogP contribution in [0.15, 0.2) is 0 Å². The van der Waals surface area contributed by atoms with Crippen LogP contribution in [0.25, 0.3) is 0 Å². The zero-order chi connectivity index (χ0) is 10.3. The van der Waals surface area contributed by atoms with Gasteiger partial charge in [0.25, 0.3) is 0 Å². The fraction of sp³-hybridized carbons (Fsp3) is 0.857. The first-order chi connectivity index (χ1) is 6.10. The predicted molar refractivity (Wildman–Crippen MR) is 55.3 cm³/mol. The topological polar surface area (TPSA) is 44.8 Å². The molecule has 0 bridgehead atoms. The first-order valence-corrected chi connectivity index (χ1v) is 5.42. The largest absolute Gasteiger partial charge is 0.468 e. The number of alkyl halides is 2. The summed E-state index contributed by atoms with van der Waals surface area (Å²) in [6.07, 6.45) is 0. The molecule has 0 spiro atoms. The molecule has 0 heterocycles. The summed E-state index contributed by atoms with van der Waals surface area (Å²) >= 11 is 6.44. The number of hydrogen-bond acceptors (Lipinski definition) is 4. The quantitative estimate of drug-likeness (QED) is 0.320. The molecule has 0 aromatic heterocycles. The molecular weight excluding hydrogens is 308 g/mol. The Balaban J connectivity index is 4.03. The van der Waals surface area contributed by atoms with Crippen molar-refractivity contribution in [1.82, 2.24) is 0 Å². The molecule has 0 aliphatic carbocycles. The van der Waals surface area contributed by atoms with Crippen LogP contribution in [0.3, 0.4) is 0 Å². The minimum Gasteiger partial charge on any atom is -0.468 e. The fourth-order valence-corrected chi connectivity index (χ4v) is 1.34. The smallest absolute Gasteiger partial charge is 0.325 e. The molecule has 0 fully saturated rings. The molecule has 0 radical (unpaired) electrons. The lowest BCUT2D eigenvalue weighted by Gasteiger charge is -2.21. The lowest BCUT2D eigenvalue weighted by Crippen LogP contribution is -2.40. The lowest BCUT2D eigenvalue weighted by atomic mass is 10.2. The molecular formula is C7H12Br2O4. The second-order valence-electron chi connectivity index (χ2n) is 2.35. The molecule has 0 aromatic carbocycles. The van der Waals surface area contributed by atoms with Crippen LogP contribution in [0.1, 0.15) is 0 Å². The van der Waals surface area contributed by atoms with Gasteiger partial charge >= 0.3 is 5.97 Å². The van der Waals surface area contributed by atoms with Crippen molar-refractivity contribution in [3.63, 3.8) is 0 Å². The molecule has 0 N–H and O–H groups in total. The third-order valence-electron chi connectivity index (χ3n) is 1.30. The number of rotatable bonds is 6. The van der Waals surface area contributed by atoms with E-state index in [9.17, 15) is 4.79 Å². The molecule has 0 aliphatic heterocycles. The molecule has 1 unspecified atom stereocenters. The van der Waals surface area contributed by atoms with Crippen molar-refractivity contribution in [1.29, 1.82) is 0 Å². The molecule has 0 rings (SSSR count). The van der Waals surface area contributed by atoms with Crippen molar-refractivity contribution in [3.05, 3.63) is 0 Å². The van der Waals surface area contributed by atoms with Crippen LogP contribution in [0, 0.1) is 0 Å². The van der Waals surface area contributed by atoms with E-state index < -0.39 is 4.32 Å². The average molecular weight is 320 g/mol. The highest BCUT2D eigenvalue weighted by Crippen LogP contribution is 2.23. The minimum absolute atomic E-state index is 0.150. The summed E-state index contributed by atoms with van der Waals surface area (Å²) < 4.78 is 13.5. The van der Waals surface area contributed by atoms with Gasteiger partial charge in [-0.15, -0.1) is 0 Å². The van der Waals surface area contributed by atoms with Crippen molar-refractivity contribution in [2.24, 2.45) is 0 Å². The van der Waals surface area contributed by atoms with Gasteiger partial charge in [-0.2, -0.15) is 0 Å². The Morgan fingerprint density at radius 3 is 2.46 bits per heavy atom. The van der Waals surface area contributed by atoms with Crippen LogP contribution in [-0.2, 0) is 19.0 Å². The Morgan fingerprint density at radius 2 is 2.08 bits per heavy atom. The number of carbonyl (C=O) groups excluding carboxylic acids is 1. The third kappa shape index (κ3) is 4.39. The Morgan fingerprint density at radius 1 is 1.46 bits per heavy atom. The van der Waals surface area contributed by atoms with E-state index in [0.717, 1.165) is 0 Å². The van der Waals surface area contributed by atoms with E-state index in [0.29, 0.717) is 5.33 Å². The second kappa shape index (κ2) is 6.75. The molecule has 0 saturated heterocycles. The van der Waals surface area contributed by atoms with Gasteiger partial charge in [-0.25, -0.2) is 0 Å². The maximum absolute atomic E-state index is 11.2. The predicted octanol–water partition coefficient (Wildman–Crippen LogP) is 1.31. The summed E-state index contributed by atoms with van der Waals surface area (Å²) in [5.41, 5.74) is 0. The molecule has 4 nitrogen and oxygen atoms in total. The molecule has 78 valence electrons. The standard InChI is InChI=1S/C7H12Br2O4/c1-11-5-13-4-7(9,3-8)6(10)12-2/h3-5H2,1-2H3. The van der Waals surface area contributed by atoms with Crippen LogP contribution >= 0.6 is 31.9 Å². The van der Waals surface area contributed by atoms with E-state index in [1.165, 1.54) is 14.2 Å². The molecule has 0 saturated carbocycles. The first-order valence-electron chi connectivity index (χ1n) is 3.50. The van der Waals surface area contributed by atoms with Gasteiger partial charge in [0.05, 0.1) is 13.7 Å². The molecule has 13 heavy (non-hydrogen) atoms. The summed E-state index contributed by atoms with van der Waals surface area (Å²) in [7, 11) is 2.85. The molecule has 6 heteroatoms. The highest BCUT2D eigenvalue weighted by molar-refractivity contribution is 9.12. The number of ether oxygens (including phenoxy) is 3. The number of methoxy groups -OCH3 is 2. The maximum atomic E-state index is 11.2. The van der Waals surface area contributed by atoms with Crippen molar-refractivity contribution in [2.45, 2.75) is 4.32 Å². The summed E-state index contributed by atoms with van der Waals surface area (Å²) in [4.78, 5) is 11.2. The summed E-state index contributed by atoms with van der Waals surface area (Å²) in [6, 6.07) is 0. The van der Waals surface area contributed by atoms with Crippen molar-refractivity contribution in [2.75, 3.05) is 32.9 Å². The Kier molecular flexibility index (Phi) is 6.93. The fourth-order valence-electron chi connectivity index (χ4n) is 0.622. The summed E-state index contributed by atoms with van der Waals surface area (Å²) in [6.45, 7) is 0.343. The molecule has 1 atom stereocenters. The van der Waals surface area contributed by atoms with Crippen LogP contribution < -0.4 is 0 Å². The van der Waals surface area contributed by atoms with E-state index in [1.807, 2.05) is 0 Å². The number of halogens is 2. The van der Waals surface area contributed by atoms with Crippen LogP contribution in [-0.4, -0.2) is 43.2 Å². The average Bonchev–Trinajstić information content (AvgIpc) is 2.16. The zero-order valence-electron chi connectivity index (χ0n) is 7.51. The maximum Gasteiger partial charge on any atom is 0.325 e. The van der Waals surface area contributed by atoms with E-state index in [4.69, 9.17) is 4.74 Å². The van der Waals surface area contributed by atoms with Crippen molar-refractivity contribution >= 4 is 37.8 Å². The van der Waals surface area contributed by atoms with Gasteiger partial charge < -0.3 is 14.2 Å². The summed E-state index contributed by atoms with van der Waals surface area (Å²) in [5.74, 6) is -0.375. The van der Waals surface area contributed by atoms with Gasteiger partial charge in [0.15, 0.2) is 4.32 Å². The number of esters is 1. The van der Waals surface area contributed by atoms with Gasteiger partial charge in [-0.05, 0) is 0 Å². The van der Waals surface area contributed by atoms with Gasteiger partial charge in [-0.1, -0.05) is 31.9 Å².